The van der Waals surface area contributed by atoms with Gasteiger partial charge in [0.2, 0.25) is 0 Å². The summed E-state index contributed by atoms with van der Waals surface area (Å²) in [6.45, 7) is -0.0967. The number of nitrogens with one attached hydrogen (secondary N) is 2. The molecule has 1 unspecified atom stereocenters. The first-order valence-corrected chi connectivity index (χ1v) is 12.2. The second-order valence-electron chi connectivity index (χ2n) is 9.36. The fourth-order valence-corrected chi connectivity index (χ4v) is 4.94. The number of rotatable bonds is 8. The van der Waals surface area contributed by atoms with Crippen LogP contribution in [0.15, 0.2) is 47.8 Å². The number of nitrogens with zero attached hydrogens (tertiary/aromatic N) is 5. The molecule has 1 aromatic carbocycles. The van der Waals surface area contributed by atoms with E-state index in [4.69, 9.17) is 15.6 Å². The Morgan fingerprint density at radius 2 is 2.08 bits per heavy atom. The van der Waals surface area contributed by atoms with Crippen molar-refractivity contribution in [2.75, 3.05) is 7.11 Å². The van der Waals surface area contributed by atoms with E-state index >= 15 is 0 Å². The van der Waals surface area contributed by atoms with Crippen molar-refractivity contribution in [3.05, 3.63) is 77.0 Å². The predicted octanol–water partition coefficient (Wildman–Crippen LogP) is 3.14. The molecule has 37 heavy (non-hydrogen) atoms. The minimum Gasteiger partial charge on any atom is -0.494 e. The fraction of sp³-hybridized carbons (Fsp3) is 0.308. The van der Waals surface area contributed by atoms with Crippen LogP contribution < -0.4 is 21.3 Å². The summed E-state index contributed by atoms with van der Waals surface area (Å²) in [6.07, 6.45) is 11.4. The van der Waals surface area contributed by atoms with Crippen LogP contribution in [0.1, 0.15) is 64.4 Å². The maximum absolute atomic E-state index is 14.9. The third-order valence-corrected chi connectivity index (χ3v) is 7.01. The first-order valence-electron chi connectivity index (χ1n) is 12.2. The number of hydrazine groups is 1. The van der Waals surface area contributed by atoms with Crippen molar-refractivity contribution in [3.63, 3.8) is 0 Å². The summed E-state index contributed by atoms with van der Waals surface area (Å²) in [4.78, 5) is 26.5. The van der Waals surface area contributed by atoms with E-state index in [1.807, 2.05) is 4.57 Å². The van der Waals surface area contributed by atoms with Gasteiger partial charge in [0.1, 0.15) is 23.5 Å². The van der Waals surface area contributed by atoms with E-state index in [0.29, 0.717) is 11.6 Å². The number of aromatic nitrogens is 4. The SMILES string of the molecule is COc1ccc(N=CNN)c(CNC(=O)c2cn3c(n2)CCC3c2cn3cc(C4CC4)ccc3n2)c1F. The standard InChI is InChI=1S/C26H27FN8O2/c1-37-22-7-5-18(30-14-31-28)17(25(22)27)10-29-26(36)20-13-35-21(6-9-24(35)33-20)19-12-34-11-16(15-2-3-15)4-8-23(34)32-19/h4-5,7-8,11-15,21H,2-3,6,9-10,28H2,1H3,(H,29,36)(H,30,31). The summed E-state index contributed by atoms with van der Waals surface area (Å²) in [5.41, 5.74) is 6.28. The van der Waals surface area contributed by atoms with Crippen molar-refractivity contribution in [2.45, 2.75) is 44.2 Å². The molecule has 1 fully saturated rings. The number of hydrogen-bond acceptors (Lipinski definition) is 6. The molecule has 0 spiro atoms. The van der Waals surface area contributed by atoms with Gasteiger partial charge in [-0.3, -0.25) is 4.79 Å². The van der Waals surface area contributed by atoms with Crippen LogP contribution in [0.2, 0.25) is 0 Å². The van der Waals surface area contributed by atoms with Crippen LogP contribution in [0, 0.1) is 5.82 Å². The van der Waals surface area contributed by atoms with Crippen LogP contribution in [0.3, 0.4) is 0 Å². The molecule has 0 bridgehead atoms. The molecule has 190 valence electrons. The molecule has 0 saturated heterocycles. The molecule has 6 rings (SSSR count). The summed E-state index contributed by atoms with van der Waals surface area (Å²) in [5.74, 6) is 5.81. The number of benzene rings is 1. The van der Waals surface area contributed by atoms with Gasteiger partial charge in [-0.05, 0) is 48.9 Å². The molecule has 10 nitrogen and oxygen atoms in total. The molecular weight excluding hydrogens is 475 g/mol. The van der Waals surface area contributed by atoms with Crippen LogP contribution in [-0.2, 0) is 13.0 Å². The monoisotopic (exact) mass is 502 g/mol. The predicted molar refractivity (Wildman–Crippen MR) is 135 cm³/mol. The molecule has 2 aliphatic rings. The smallest absolute Gasteiger partial charge is 0.271 e. The lowest BCUT2D eigenvalue weighted by Gasteiger charge is -2.11. The lowest BCUT2D eigenvalue weighted by molar-refractivity contribution is 0.0945. The number of halogens is 1. The largest absolute Gasteiger partial charge is 0.494 e. The minimum absolute atomic E-state index is 0.00820. The zero-order valence-corrected chi connectivity index (χ0v) is 20.3. The highest BCUT2D eigenvalue weighted by Crippen LogP contribution is 2.40. The molecule has 11 heteroatoms. The minimum atomic E-state index is -0.599. The Kier molecular flexibility index (Phi) is 5.84. The second-order valence-corrected chi connectivity index (χ2v) is 9.36. The zero-order valence-electron chi connectivity index (χ0n) is 20.3. The highest BCUT2D eigenvalue weighted by Gasteiger charge is 2.29. The normalized spacial score (nSPS) is 16.9. The van der Waals surface area contributed by atoms with Gasteiger partial charge in [0, 0.05) is 37.1 Å². The highest BCUT2D eigenvalue weighted by molar-refractivity contribution is 5.92. The van der Waals surface area contributed by atoms with Gasteiger partial charge >= 0.3 is 0 Å². The average molecular weight is 503 g/mol. The Bertz CT molecular complexity index is 1520. The van der Waals surface area contributed by atoms with Crippen molar-refractivity contribution in [3.8, 4) is 5.75 Å². The number of aliphatic imine (C=N–C) groups is 1. The number of carbonyl (C=O) groups is 1. The van der Waals surface area contributed by atoms with E-state index in [1.165, 1.54) is 37.9 Å². The van der Waals surface area contributed by atoms with Crippen LogP contribution in [0.25, 0.3) is 5.65 Å². The van der Waals surface area contributed by atoms with Gasteiger partial charge in [-0.2, -0.15) is 0 Å². The number of carbonyl (C=O) groups excluding carboxylic acids is 1. The summed E-state index contributed by atoms with van der Waals surface area (Å²) in [6, 6.07) is 7.30. The Morgan fingerprint density at radius 1 is 1.22 bits per heavy atom. The maximum Gasteiger partial charge on any atom is 0.271 e. The summed E-state index contributed by atoms with van der Waals surface area (Å²) >= 11 is 0. The lowest BCUT2D eigenvalue weighted by atomic mass is 10.1. The summed E-state index contributed by atoms with van der Waals surface area (Å²) in [7, 11) is 1.38. The molecular formula is C26H27FN8O2. The molecule has 1 atom stereocenters. The number of fused-ring (bicyclic) bond motifs is 2. The molecule has 1 amide bonds. The number of ether oxygens (including phenoxy) is 1. The first-order chi connectivity index (χ1) is 18.1. The topological polar surface area (TPSA) is 124 Å². The summed E-state index contributed by atoms with van der Waals surface area (Å²) < 4.78 is 24.1. The number of pyridine rings is 1. The Morgan fingerprint density at radius 3 is 2.86 bits per heavy atom. The Labute approximate surface area is 212 Å². The van der Waals surface area contributed by atoms with Crippen LogP contribution >= 0.6 is 0 Å². The van der Waals surface area contributed by atoms with Crippen LogP contribution in [0.5, 0.6) is 5.75 Å². The number of methoxy groups -OCH3 is 1. The van der Waals surface area contributed by atoms with E-state index in [1.54, 1.807) is 12.3 Å². The van der Waals surface area contributed by atoms with Crippen molar-refractivity contribution in [1.29, 1.82) is 0 Å². The molecule has 0 radical (unpaired) electrons. The number of imidazole rings is 2. The van der Waals surface area contributed by atoms with Gasteiger partial charge in [-0.25, -0.2) is 25.2 Å². The third kappa shape index (κ3) is 4.31. The maximum atomic E-state index is 14.9. The third-order valence-electron chi connectivity index (χ3n) is 7.01. The van der Waals surface area contributed by atoms with E-state index in [9.17, 15) is 9.18 Å². The number of hydrogen-bond donors (Lipinski definition) is 3. The molecule has 1 aliphatic heterocycles. The van der Waals surface area contributed by atoms with Gasteiger partial charge in [0.05, 0.1) is 24.5 Å². The molecule has 1 aliphatic carbocycles. The quantitative estimate of drug-likeness (QED) is 0.147. The van der Waals surface area contributed by atoms with Crippen LogP contribution in [-0.4, -0.2) is 38.3 Å². The number of nitrogens with two attached hydrogens (primary N) is 1. The molecule has 4 aromatic rings. The summed E-state index contributed by atoms with van der Waals surface area (Å²) in [5, 5.41) is 2.76. The Hall–Kier alpha value is -4.25. The fourth-order valence-electron chi connectivity index (χ4n) is 4.94. The van der Waals surface area contributed by atoms with Gasteiger partial charge in [0.15, 0.2) is 11.6 Å². The van der Waals surface area contributed by atoms with Gasteiger partial charge in [-0.1, -0.05) is 6.07 Å². The molecule has 4 heterocycles. The van der Waals surface area contributed by atoms with Crippen molar-refractivity contribution in [1.82, 2.24) is 29.7 Å². The lowest BCUT2D eigenvalue weighted by Crippen LogP contribution is -2.24. The molecule has 3 aromatic heterocycles. The van der Waals surface area contributed by atoms with Gasteiger partial charge in [0.25, 0.3) is 5.91 Å². The van der Waals surface area contributed by atoms with E-state index in [2.05, 4.69) is 49.6 Å². The zero-order chi connectivity index (χ0) is 25.5. The first kappa shape index (κ1) is 23.2. The number of amides is 1. The Balaban J connectivity index is 1.21. The average Bonchev–Trinajstić information content (AvgIpc) is 3.35. The molecule has 1 saturated carbocycles. The highest BCUT2D eigenvalue weighted by atomic mass is 19.1. The van der Waals surface area contributed by atoms with E-state index in [0.717, 1.165) is 30.0 Å². The van der Waals surface area contributed by atoms with Crippen molar-refractivity contribution >= 4 is 23.6 Å². The van der Waals surface area contributed by atoms with Gasteiger partial charge < -0.3 is 24.4 Å². The van der Waals surface area contributed by atoms with Crippen molar-refractivity contribution in [2.24, 2.45) is 10.8 Å². The van der Waals surface area contributed by atoms with Crippen LogP contribution in [0.4, 0.5) is 10.1 Å². The van der Waals surface area contributed by atoms with E-state index in [-0.39, 0.29) is 29.6 Å². The van der Waals surface area contributed by atoms with E-state index < -0.39 is 11.7 Å². The molecule has 4 N–H and O–H groups in total. The second kappa shape index (κ2) is 9.32. The van der Waals surface area contributed by atoms with Crippen molar-refractivity contribution < 1.29 is 13.9 Å². The number of aryl methyl sites for hydroxylation is 1. The van der Waals surface area contributed by atoms with Gasteiger partial charge in [-0.15, -0.1) is 0 Å².